The third-order valence-electron chi connectivity index (χ3n) is 4.44. The van der Waals surface area contributed by atoms with Crippen molar-refractivity contribution in [3.05, 3.63) is 91.0 Å². The molecule has 114 valence electrons. The second-order valence-corrected chi connectivity index (χ2v) is 10.4. The van der Waals surface area contributed by atoms with E-state index in [2.05, 4.69) is 6.66 Å². The minimum absolute atomic E-state index is 0.588. The molecule has 0 saturated carbocycles. The van der Waals surface area contributed by atoms with Crippen molar-refractivity contribution < 1.29 is 9.15 Å². The molecule has 0 bridgehead atoms. The normalized spacial score (nSPS) is 12.7. The predicted octanol–water partition coefficient (Wildman–Crippen LogP) is 3.04. The summed E-state index contributed by atoms with van der Waals surface area (Å²) in [5.41, 5.74) is 0. The van der Waals surface area contributed by atoms with Gasteiger partial charge in [0.05, 0.1) is 0 Å². The van der Waals surface area contributed by atoms with Crippen LogP contribution in [0.1, 0.15) is 0 Å². The summed E-state index contributed by atoms with van der Waals surface area (Å²) in [6.45, 7) is -1.21. The van der Waals surface area contributed by atoms with Crippen molar-refractivity contribution in [3.63, 3.8) is 0 Å². The first-order valence-corrected chi connectivity index (χ1v) is 10.1. The summed E-state index contributed by atoms with van der Waals surface area (Å²) in [5.74, 6) is 0. The average molecular weight is 320 g/mol. The number of hydrogen-bond acceptors (Lipinski definition) is 2. The van der Waals surface area contributed by atoms with Crippen molar-refractivity contribution in [1.29, 1.82) is 0 Å². The van der Waals surface area contributed by atoms with Crippen LogP contribution in [0.15, 0.2) is 91.0 Å². The van der Waals surface area contributed by atoms with Crippen molar-refractivity contribution in [1.82, 2.24) is 0 Å². The summed E-state index contributed by atoms with van der Waals surface area (Å²) >= 11 is 0. The van der Waals surface area contributed by atoms with Gasteiger partial charge in [-0.05, 0) is 0 Å². The molecule has 2 nitrogen and oxygen atoms in total. The van der Waals surface area contributed by atoms with E-state index in [1.807, 2.05) is 91.0 Å². The van der Waals surface area contributed by atoms with Gasteiger partial charge in [0.15, 0.2) is 0 Å². The molecular weight excluding hydrogens is 302 g/mol. The van der Waals surface area contributed by atoms with Gasteiger partial charge in [0.25, 0.3) is 0 Å². The van der Waals surface area contributed by atoms with Gasteiger partial charge in [0, 0.05) is 0 Å². The van der Waals surface area contributed by atoms with E-state index in [9.17, 15) is 4.70 Å². The van der Waals surface area contributed by atoms with Crippen LogP contribution in [0.5, 0.6) is 0 Å². The second-order valence-electron chi connectivity index (χ2n) is 5.67. The van der Waals surface area contributed by atoms with Crippen LogP contribution in [-0.2, 0) is 9.15 Å². The summed E-state index contributed by atoms with van der Waals surface area (Å²) in [6.07, 6.45) is 0. The van der Waals surface area contributed by atoms with Crippen LogP contribution in [0.25, 0.3) is 0 Å². The van der Waals surface area contributed by atoms with Crippen LogP contribution in [0, 0.1) is 0 Å². The van der Waals surface area contributed by atoms with Gasteiger partial charge in [-0.2, -0.15) is 0 Å². The zero-order valence-electron chi connectivity index (χ0n) is 13.0. The van der Waals surface area contributed by atoms with Crippen LogP contribution in [0.2, 0.25) is 0 Å². The van der Waals surface area contributed by atoms with Crippen molar-refractivity contribution in [3.8, 4) is 0 Å². The Kier molecular flexibility index (Phi) is 4.15. The Balaban J connectivity index is 2.43. The van der Waals surface area contributed by atoms with Crippen LogP contribution < -0.4 is 15.9 Å². The molecule has 0 radical (unpaired) electrons. The Labute approximate surface area is 137 Å². The van der Waals surface area contributed by atoms with E-state index in [4.69, 9.17) is 4.44 Å². The van der Waals surface area contributed by atoms with Gasteiger partial charge in [0.1, 0.15) is 0 Å². The van der Waals surface area contributed by atoms with Crippen LogP contribution >= 0.6 is 6.83 Å². The van der Waals surface area contributed by atoms with Gasteiger partial charge < -0.3 is 0 Å². The van der Waals surface area contributed by atoms with E-state index in [1.165, 1.54) is 0 Å². The van der Waals surface area contributed by atoms with E-state index in [0.29, 0.717) is 7.35 Å². The molecule has 23 heavy (non-hydrogen) atoms. The average Bonchev–Trinajstić information content (AvgIpc) is 2.64. The molecule has 0 atom stereocenters. The Morgan fingerprint density at radius 2 is 0.957 bits per heavy atom. The maximum atomic E-state index is 11.6. The fourth-order valence-electron chi connectivity index (χ4n) is 3.10. The van der Waals surface area contributed by atoms with Crippen molar-refractivity contribution in [2.45, 2.75) is 0 Å². The summed E-state index contributed by atoms with van der Waals surface area (Å²) in [7, 11) is 0.588. The van der Waals surface area contributed by atoms with Gasteiger partial charge >= 0.3 is 137 Å². The zero-order chi connectivity index (χ0) is 16.2. The molecule has 0 aliphatic carbocycles. The van der Waals surface area contributed by atoms with E-state index >= 15 is 0 Å². The second kappa shape index (κ2) is 6.10. The summed E-state index contributed by atoms with van der Waals surface area (Å²) in [6, 6.07) is 30.1. The third-order valence-corrected chi connectivity index (χ3v) is 9.68. The molecule has 0 fully saturated rings. The fraction of sp³-hybridized carbons (Fsp3) is 0.0526. The van der Waals surface area contributed by atoms with Crippen LogP contribution in [0.3, 0.4) is 0 Å². The first-order chi connectivity index (χ1) is 11.2. The molecule has 0 saturated heterocycles. The standard InChI is InChI=1S/C19H18BO2P/c1-23(22-20-21,17-11-5-2-6-12-17,18-13-7-3-8-14-18)19-15-9-4-10-16-19/h2-16H,1H3. The molecule has 0 aliphatic heterocycles. The Hall–Kier alpha value is -2.25. The van der Waals surface area contributed by atoms with Crippen molar-refractivity contribution in [2.24, 2.45) is 0 Å². The number of hydrogen-bond donors (Lipinski definition) is 0. The molecule has 3 rings (SSSR count). The molecule has 0 aromatic heterocycles. The first-order valence-electron chi connectivity index (χ1n) is 7.50. The van der Waals surface area contributed by atoms with E-state index in [-0.39, 0.29) is 0 Å². The Morgan fingerprint density at radius 3 is 1.22 bits per heavy atom. The number of benzene rings is 3. The monoisotopic (exact) mass is 320 g/mol. The molecule has 0 unspecified atom stereocenters. The van der Waals surface area contributed by atoms with E-state index in [1.54, 1.807) is 0 Å². The molecule has 3 aromatic carbocycles. The maximum absolute atomic E-state index is 11.6. The Morgan fingerprint density at radius 1 is 0.652 bits per heavy atom. The molecule has 3 aromatic rings. The van der Waals surface area contributed by atoms with Gasteiger partial charge in [-0.1, -0.05) is 0 Å². The van der Waals surface area contributed by atoms with E-state index in [0.717, 1.165) is 15.9 Å². The first kappa shape index (κ1) is 15.6. The molecule has 0 N–H and O–H groups in total. The van der Waals surface area contributed by atoms with Crippen molar-refractivity contribution >= 4 is 30.1 Å². The number of rotatable bonds is 5. The predicted molar refractivity (Wildman–Crippen MR) is 98.6 cm³/mol. The SMILES string of the molecule is CP(OB=O)(c1ccccc1)(c1ccccc1)c1ccccc1. The third kappa shape index (κ3) is 2.42. The molecule has 0 aliphatic rings. The van der Waals surface area contributed by atoms with E-state index < -0.39 is 6.83 Å². The summed E-state index contributed by atoms with van der Waals surface area (Å²) in [5, 5.41) is 3.09. The molecule has 0 spiro atoms. The quantitative estimate of drug-likeness (QED) is 0.533. The van der Waals surface area contributed by atoms with Gasteiger partial charge in [-0.15, -0.1) is 0 Å². The molecular formula is C19H18BO2P. The minimum atomic E-state index is -3.30. The van der Waals surface area contributed by atoms with Crippen molar-refractivity contribution in [2.75, 3.05) is 6.66 Å². The topological polar surface area (TPSA) is 26.3 Å². The Bertz CT molecular complexity index is 692. The summed E-state index contributed by atoms with van der Waals surface area (Å²) < 4.78 is 17.6. The zero-order valence-corrected chi connectivity index (χ0v) is 13.9. The summed E-state index contributed by atoms with van der Waals surface area (Å²) in [4.78, 5) is 0. The fourth-order valence-corrected chi connectivity index (χ4v) is 7.24. The van der Waals surface area contributed by atoms with Gasteiger partial charge in [0.2, 0.25) is 0 Å². The van der Waals surface area contributed by atoms with Crippen LogP contribution in [-0.4, -0.2) is 14.0 Å². The van der Waals surface area contributed by atoms with Gasteiger partial charge in [-0.3, -0.25) is 0 Å². The van der Waals surface area contributed by atoms with Crippen LogP contribution in [0.4, 0.5) is 0 Å². The van der Waals surface area contributed by atoms with Gasteiger partial charge in [-0.25, -0.2) is 0 Å². The molecule has 0 heterocycles. The molecule has 0 amide bonds. The molecule has 4 heteroatoms.